The zero-order valence-corrected chi connectivity index (χ0v) is 11.1. The van der Waals surface area contributed by atoms with Gasteiger partial charge in [-0.25, -0.2) is 0 Å². The van der Waals surface area contributed by atoms with E-state index in [1.165, 1.54) is 0 Å². The minimum atomic E-state index is -0.545. The molecular weight excluding hydrogens is 224 g/mol. The van der Waals surface area contributed by atoms with Gasteiger partial charge in [0.2, 0.25) is 5.91 Å². The van der Waals surface area contributed by atoms with Crippen molar-refractivity contribution in [2.45, 2.75) is 45.1 Å². The molecule has 0 radical (unpaired) electrons. The molecule has 1 atom stereocenters. The Labute approximate surface area is 108 Å². The van der Waals surface area contributed by atoms with Gasteiger partial charge in [-0.05, 0) is 38.8 Å². The van der Waals surface area contributed by atoms with Crippen molar-refractivity contribution < 1.29 is 4.79 Å². The van der Waals surface area contributed by atoms with Crippen LogP contribution >= 0.6 is 0 Å². The first-order valence-electron chi connectivity index (χ1n) is 6.32. The first kappa shape index (κ1) is 12.6. The molecule has 0 aromatic heterocycles. The molecule has 1 amide bonds. The fraction of sp³-hybridized carbons (Fsp3) is 0.467. The van der Waals surface area contributed by atoms with Crippen LogP contribution in [0.5, 0.6) is 0 Å². The highest BCUT2D eigenvalue weighted by Gasteiger charge is 2.47. The molecule has 1 aliphatic rings. The van der Waals surface area contributed by atoms with E-state index in [-0.39, 0.29) is 11.9 Å². The zero-order valence-electron chi connectivity index (χ0n) is 11.1. The highest BCUT2D eigenvalue weighted by molar-refractivity contribution is 6.08. The highest BCUT2D eigenvalue weighted by Crippen LogP contribution is 2.45. The molecule has 1 aromatic rings. The molecule has 2 rings (SSSR count). The van der Waals surface area contributed by atoms with Crippen molar-refractivity contribution in [1.29, 1.82) is 5.26 Å². The molecule has 1 heterocycles. The minimum absolute atomic E-state index is 0.119. The Kier molecular flexibility index (Phi) is 3.13. The van der Waals surface area contributed by atoms with Crippen LogP contribution in [0.1, 0.15) is 39.2 Å². The zero-order chi connectivity index (χ0) is 13.3. The Morgan fingerprint density at radius 1 is 1.39 bits per heavy atom. The quantitative estimate of drug-likeness (QED) is 0.817. The summed E-state index contributed by atoms with van der Waals surface area (Å²) in [5.41, 5.74) is 1.51. The molecule has 18 heavy (non-hydrogen) atoms. The molecule has 0 bridgehead atoms. The average Bonchev–Trinajstić information content (AvgIpc) is 2.57. The maximum Gasteiger partial charge on any atom is 0.237 e. The Hall–Kier alpha value is -1.82. The van der Waals surface area contributed by atoms with E-state index in [9.17, 15) is 4.79 Å². The lowest BCUT2D eigenvalue weighted by molar-refractivity contribution is -0.123. The number of hydrogen-bond donors (Lipinski definition) is 0. The molecule has 0 saturated heterocycles. The number of amides is 1. The third-order valence-corrected chi connectivity index (χ3v) is 3.70. The van der Waals surface area contributed by atoms with Crippen LogP contribution in [0.15, 0.2) is 24.3 Å². The summed E-state index contributed by atoms with van der Waals surface area (Å²) in [5.74, 6) is 0.119. The van der Waals surface area contributed by atoms with Gasteiger partial charge in [0.15, 0.2) is 0 Å². The fourth-order valence-electron chi connectivity index (χ4n) is 2.70. The summed E-state index contributed by atoms with van der Waals surface area (Å²) in [6.07, 6.45) is 0.991. The predicted molar refractivity (Wildman–Crippen MR) is 71.3 cm³/mol. The van der Waals surface area contributed by atoms with Gasteiger partial charge in [0.05, 0.1) is 11.5 Å². The van der Waals surface area contributed by atoms with Crippen LogP contribution in [0.25, 0.3) is 0 Å². The van der Waals surface area contributed by atoms with Gasteiger partial charge in [0.25, 0.3) is 0 Å². The average molecular weight is 242 g/mol. The van der Waals surface area contributed by atoms with Crippen molar-refractivity contribution in [1.82, 2.24) is 0 Å². The van der Waals surface area contributed by atoms with Crippen LogP contribution in [0.3, 0.4) is 0 Å². The maximum atomic E-state index is 12.6. The molecular formula is C15H18N2O. The van der Waals surface area contributed by atoms with Crippen molar-refractivity contribution in [3.05, 3.63) is 29.8 Å². The summed E-state index contributed by atoms with van der Waals surface area (Å²) in [6.45, 7) is 5.99. The van der Waals surface area contributed by atoms with Crippen molar-refractivity contribution in [3.63, 3.8) is 0 Å². The lowest BCUT2D eigenvalue weighted by Crippen LogP contribution is -2.41. The smallest absolute Gasteiger partial charge is 0.237 e. The second-order valence-corrected chi connectivity index (χ2v) is 5.28. The van der Waals surface area contributed by atoms with E-state index in [4.69, 9.17) is 5.26 Å². The van der Waals surface area contributed by atoms with Crippen molar-refractivity contribution in [2.24, 2.45) is 0 Å². The van der Waals surface area contributed by atoms with E-state index in [1.54, 1.807) is 0 Å². The SMILES string of the molecule is CC(C)N1C(=O)C(C)(CCC#N)c2ccccc21. The van der Waals surface area contributed by atoms with Crippen LogP contribution in [-0.4, -0.2) is 11.9 Å². The third-order valence-electron chi connectivity index (χ3n) is 3.70. The largest absolute Gasteiger partial charge is 0.309 e. The number of nitriles is 1. The summed E-state index contributed by atoms with van der Waals surface area (Å²) >= 11 is 0. The Morgan fingerprint density at radius 2 is 2.06 bits per heavy atom. The second-order valence-electron chi connectivity index (χ2n) is 5.28. The molecule has 0 spiro atoms. The number of nitrogens with zero attached hydrogens (tertiary/aromatic N) is 2. The summed E-state index contributed by atoms with van der Waals surface area (Å²) in [7, 11) is 0. The molecule has 1 aromatic carbocycles. The number of rotatable bonds is 3. The lowest BCUT2D eigenvalue weighted by Gasteiger charge is -2.26. The summed E-state index contributed by atoms with van der Waals surface area (Å²) in [5, 5.41) is 8.78. The van der Waals surface area contributed by atoms with Gasteiger partial charge in [0.1, 0.15) is 0 Å². The Bertz CT molecular complexity index is 515. The van der Waals surface area contributed by atoms with Gasteiger partial charge < -0.3 is 4.90 Å². The van der Waals surface area contributed by atoms with Gasteiger partial charge >= 0.3 is 0 Å². The monoisotopic (exact) mass is 242 g/mol. The molecule has 3 heteroatoms. The van der Waals surface area contributed by atoms with E-state index in [0.29, 0.717) is 12.8 Å². The maximum absolute atomic E-state index is 12.6. The highest BCUT2D eigenvalue weighted by atomic mass is 16.2. The Balaban J connectivity index is 2.52. The van der Waals surface area contributed by atoms with E-state index in [2.05, 4.69) is 6.07 Å². The van der Waals surface area contributed by atoms with Gasteiger partial charge in [-0.2, -0.15) is 5.26 Å². The van der Waals surface area contributed by atoms with E-state index < -0.39 is 5.41 Å². The summed E-state index contributed by atoms with van der Waals surface area (Å²) in [4.78, 5) is 14.5. The first-order valence-corrected chi connectivity index (χ1v) is 6.32. The number of carbonyl (C=O) groups is 1. The van der Waals surface area contributed by atoms with Crippen LogP contribution in [0.4, 0.5) is 5.69 Å². The van der Waals surface area contributed by atoms with Gasteiger partial charge in [-0.15, -0.1) is 0 Å². The first-order chi connectivity index (χ1) is 8.52. The molecule has 0 N–H and O–H groups in total. The summed E-state index contributed by atoms with van der Waals surface area (Å²) in [6, 6.07) is 10.2. The number of carbonyl (C=O) groups excluding carboxylic acids is 1. The van der Waals surface area contributed by atoms with Gasteiger partial charge in [0, 0.05) is 18.2 Å². The van der Waals surface area contributed by atoms with Crippen LogP contribution < -0.4 is 4.90 Å². The van der Waals surface area contributed by atoms with Crippen molar-refractivity contribution in [3.8, 4) is 6.07 Å². The van der Waals surface area contributed by atoms with Crippen LogP contribution in [0.2, 0.25) is 0 Å². The van der Waals surface area contributed by atoms with Crippen LogP contribution in [-0.2, 0) is 10.2 Å². The van der Waals surface area contributed by atoms with Gasteiger partial charge in [-0.3, -0.25) is 4.79 Å². The second kappa shape index (κ2) is 4.45. The Morgan fingerprint density at radius 3 is 2.67 bits per heavy atom. The molecule has 94 valence electrons. The predicted octanol–water partition coefficient (Wildman–Crippen LogP) is 3.00. The molecule has 0 aliphatic carbocycles. The molecule has 0 fully saturated rings. The van der Waals surface area contributed by atoms with E-state index in [0.717, 1.165) is 11.3 Å². The molecule has 1 unspecified atom stereocenters. The third kappa shape index (κ3) is 1.69. The fourth-order valence-corrected chi connectivity index (χ4v) is 2.70. The molecule has 1 aliphatic heterocycles. The molecule has 3 nitrogen and oxygen atoms in total. The van der Waals surface area contributed by atoms with E-state index >= 15 is 0 Å². The number of fused-ring (bicyclic) bond motifs is 1. The van der Waals surface area contributed by atoms with E-state index in [1.807, 2.05) is 49.9 Å². The number of para-hydroxylation sites is 1. The number of benzene rings is 1. The minimum Gasteiger partial charge on any atom is -0.309 e. The summed E-state index contributed by atoms with van der Waals surface area (Å²) < 4.78 is 0. The molecule has 0 saturated carbocycles. The standard InChI is InChI=1S/C15H18N2O/c1-11(2)17-13-8-5-4-7-12(13)15(3,14(17)18)9-6-10-16/h4-5,7-8,11H,6,9H2,1-3H3. The topological polar surface area (TPSA) is 44.1 Å². The van der Waals surface area contributed by atoms with Crippen LogP contribution in [0, 0.1) is 11.3 Å². The normalized spacial score (nSPS) is 22.2. The van der Waals surface area contributed by atoms with Crippen molar-refractivity contribution >= 4 is 11.6 Å². The van der Waals surface area contributed by atoms with Gasteiger partial charge in [-0.1, -0.05) is 18.2 Å². The number of anilines is 1. The number of hydrogen-bond acceptors (Lipinski definition) is 2. The lowest BCUT2D eigenvalue weighted by atomic mass is 9.80. The van der Waals surface area contributed by atoms with Crippen molar-refractivity contribution in [2.75, 3.05) is 4.90 Å².